The fourth-order valence-corrected chi connectivity index (χ4v) is 4.70. The van der Waals surface area contributed by atoms with E-state index in [9.17, 15) is 9.18 Å². The Morgan fingerprint density at radius 2 is 1.80 bits per heavy atom. The summed E-state index contributed by atoms with van der Waals surface area (Å²) in [5.74, 6) is -1.64. The van der Waals surface area contributed by atoms with Gasteiger partial charge in [-0.2, -0.15) is 0 Å². The highest BCUT2D eigenvalue weighted by atomic mass is 19.1. The second-order valence-corrected chi connectivity index (χ2v) is 8.28. The smallest absolute Gasteiger partial charge is 0.296 e. The summed E-state index contributed by atoms with van der Waals surface area (Å²) in [5, 5.41) is 0. The number of piperazine rings is 1. The highest BCUT2D eigenvalue weighted by molar-refractivity contribution is 6.05. The predicted molar refractivity (Wildman–Crippen MR) is 111 cm³/mol. The first-order valence-corrected chi connectivity index (χ1v) is 10.6. The third-order valence-corrected chi connectivity index (χ3v) is 6.32. The van der Waals surface area contributed by atoms with E-state index in [0.717, 1.165) is 43.9 Å². The molecule has 3 aliphatic heterocycles. The van der Waals surface area contributed by atoms with Gasteiger partial charge in [0.15, 0.2) is 6.67 Å². The number of fused-ring (bicyclic) bond motifs is 2. The van der Waals surface area contributed by atoms with E-state index < -0.39 is 5.79 Å². The number of para-hydroxylation sites is 2. The molecule has 3 aliphatic rings. The molecule has 0 bridgehead atoms. The van der Waals surface area contributed by atoms with Crippen LogP contribution in [0.1, 0.15) is 18.9 Å². The van der Waals surface area contributed by atoms with Crippen LogP contribution in [0.4, 0.5) is 15.8 Å². The van der Waals surface area contributed by atoms with Crippen molar-refractivity contribution in [3.63, 3.8) is 0 Å². The maximum Gasteiger partial charge on any atom is 0.296 e. The summed E-state index contributed by atoms with van der Waals surface area (Å²) < 4.78 is 26.2. The van der Waals surface area contributed by atoms with Crippen LogP contribution in [0.2, 0.25) is 0 Å². The maximum absolute atomic E-state index is 14.1. The lowest BCUT2D eigenvalue weighted by atomic mass is 10.1. The molecule has 30 heavy (non-hydrogen) atoms. The second kappa shape index (κ2) is 7.65. The van der Waals surface area contributed by atoms with Gasteiger partial charge in [0, 0.05) is 5.56 Å². The summed E-state index contributed by atoms with van der Waals surface area (Å²) in [5.41, 5.74) is 2.31. The standard InChI is InChI=1S/C23H26FN3O3/c1-17-10-15-29-23(30-17)18-6-2-4-8-20(18)27(22(23)28)16-25-11-13-26(14-12-25)21-9-5-3-7-19(21)24/h2-9,17H,10-16H2,1H3/p+1/t17-,23+/m0/s1. The minimum atomic E-state index is -1.32. The van der Waals surface area contributed by atoms with Gasteiger partial charge < -0.3 is 19.3 Å². The first kappa shape index (κ1) is 19.5. The van der Waals surface area contributed by atoms with Crippen LogP contribution in [0.3, 0.4) is 0 Å². The van der Waals surface area contributed by atoms with Crippen molar-refractivity contribution >= 4 is 17.3 Å². The normalized spacial score (nSPS) is 27.0. The van der Waals surface area contributed by atoms with Gasteiger partial charge in [-0.25, -0.2) is 4.39 Å². The Balaban J connectivity index is 1.32. The Bertz CT molecular complexity index is 947. The van der Waals surface area contributed by atoms with E-state index in [1.807, 2.05) is 48.2 Å². The third kappa shape index (κ3) is 3.17. The molecule has 2 aromatic carbocycles. The van der Waals surface area contributed by atoms with Crippen LogP contribution in [-0.4, -0.2) is 51.5 Å². The molecular formula is C23H27FN3O3+. The average molecular weight is 412 g/mol. The molecule has 0 unspecified atom stereocenters. The summed E-state index contributed by atoms with van der Waals surface area (Å²) in [6, 6.07) is 14.6. The molecule has 0 saturated carbocycles. The molecule has 0 aromatic heterocycles. The summed E-state index contributed by atoms with van der Waals surface area (Å²) in [7, 11) is 0. The van der Waals surface area contributed by atoms with E-state index in [0.29, 0.717) is 19.0 Å². The molecule has 0 aliphatic carbocycles. The number of nitrogens with zero attached hydrogens (tertiary/aromatic N) is 2. The number of benzene rings is 2. The van der Waals surface area contributed by atoms with Crippen molar-refractivity contribution in [2.45, 2.75) is 25.2 Å². The number of rotatable bonds is 3. The summed E-state index contributed by atoms with van der Waals surface area (Å²) >= 11 is 0. The zero-order chi connectivity index (χ0) is 20.7. The minimum absolute atomic E-state index is 0.0348. The molecule has 7 heteroatoms. The highest BCUT2D eigenvalue weighted by Crippen LogP contribution is 2.45. The fraction of sp³-hybridized carbons (Fsp3) is 0.435. The van der Waals surface area contributed by atoms with Crippen LogP contribution < -0.4 is 14.7 Å². The van der Waals surface area contributed by atoms with E-state index in [2.05, 4.69) is 4.90 Å². The Morgan fingerprint density at radius 1 is 1.10 bits per heavy atom. The van der Waals surface area contributed by atoms with Gasteiger partial charge in [0.2, 0.25) is 0 Å². The average Bonchev–Trinajstić information content (AvgIpc) is 2.97. The summed E-state index contributed by atoms with van der Waals surface area (Å²) in [6.07, 6.45) is 0.743. The number of halogens is 1. The number of amides is 1. The van der Waals surface area contributed by atoms with E-state index in [-0.39, 0.29) is 17.8 Å². The van der Waals surface area contributed by atoms with Gasteiger partial charge in [0.25, 0.3) is 11.7 Å². The van der Waals surface area contributed by atoms with Gasteiger partial charge >= 0.3 is 0 Å². The number of carbonyl (C=O) groups is 1. The fourth-order valence-electron chi connectivity index (χ4n) is 4.70. The number of anilines is 2. The number of hydrogen-bond donors (Lipinski definition) is 1. The van der Waals surface area contributed by atoms with Crippen LogP contribution in [0, 0.1) is 5.82 Å². The van der Waals surface area contributed by atoms with Crippen LogP contribution in [-0.2, 0) is 20.1 Å². The van der Waals surface area contributed by atoms with E-state index >= 15 is 0 Å². The van der Waals surface area contributed by atoms with Crippen molar-refractivity contribution in [1.82, 2.24) is 0 Å². The Kier molecular flexibility index (Phi) is 4.97. The summed E-state index contributed by atoms with van der Waals surface area (Å²) in [6.45, 7) is 6.17. The molecule has 158 valence electrons. The molecule has 6 nitrogen and oxygen atoms in total. The molecule has 2 saturated heterocycles. The van der Waals surface area contributed by atoms with E-state index in [1.165, 1.54) is 11.0 Å². The first-order valence-electron chi connectivity index (χ1n) is 10.6. The lowest BCUT2D eigenvalue weighted by Crippen LogP contribution is -3.16. The molecular weight excluding hydrogens is 385 g/mol. The van der Waals surface area contributed by atoms with Crippen molar-refractivity contribution in [1.29, 1.82) is 0 Å². The number of carbonyl (C=O) groups excluding carboxylic acids is 1. The minimum Gasteiger partial charge on any atom is -0.358 e. The van der Waals surface area contributed by atoms with Crippen LogP contribution in [0.5, 0.6) is 0 Å². The van der Waals surface area contributed by atoms with Crippen molar-refractivity contribution in [3.05, 3.63) is 59.9 Å². The van der Waals surface area contributed by atoms with E-state index in [1.54, 1.807) is 6.07 Å². The maximum atomic E-state index is 14.1. The Morgan fingerprint density at radius 3 is 2.53 bits per heavy atom. The van der Waals surface area contributed by atoms with Crippen molar-refractivity contribution in [2.75, 3.05) is 49.3 Å². The molecule has 2 fully saturated rings. The van der Waals surface area contributed by atoms with Gasteiger partial charge in [-0.15, -0.1) is 0 Å². The molecule has 5 rings (SSSR count). The van der Waals surface area contributed by atoms with Gasteiger partial charge in [-0.1, -0.05) is 30.3 Å². The van der Waals surface area contributed by atoms with Crippen LogP contribution >= 0.6 is 0 Å². The molecule has 2 aromatic rings. The van der Waals surface area contributed by atoms with Crippen molar-refractivity contribution in [2.24, 2.45) is 0 Å². The van der Waals surface area contributed by atoms with E-state index in [4.69, 9.17) is 9.47 Å². The molecule has 1 spiro atoms. The first-order chi connectivity index (χ1) is 14.6. The third-order valence-electron chi connectivity index (χ3n) is 6.32. The Labute approximate surface area is 175 Å². The number of ether oxygens (including phenoxy) is 2. The highest BCUT2D eigenvalue weighted by Gasteiger charge is 2.56. The monoisotopic (exact) mass is 412 g/mol. The molecule has 1 amide bonds. The lowest BCUT2D eigenvalue weighted by Gasteiger charge is -2.37. The largest absolute Gasteiger partial charge is 0.358 e. The predicted octanol–water partition coefficient (Wildman–Crippen LogP) is 1.51. The van der Waals surface area contributed by atoms with Crippen LogP contribution in [0.15, 0.2) is 48.5 Å². The molecule has 1 N–H and O–H groups in total. The quantitative estimate of drug-likeness (QED) is 0.831. The number of quaternary nitrogens is 1. The SMILES string of the molecule is C[C@H]1CCO[C@]2(O1)C(=O)N(C[NH+]1CCN(c3ccccc3F)CC1)c1ccccc12. The van der Waals surface area contributed by atoms with Gasteiger partial charge in [-0.05, 0) is 31.5 Å². The zero-order valence-corrected chi connectivity index (χ0v) is 17.1. The molecule has 2 atom stereocenters. The lowest BCUT2D eigenvalue weighted by molar-refractivity contribution is -0.899. The zero-order valence-electron chi connectivity index (χ0n) is 17.1. The van der Waals surface area contributed by atoms with Crippen molar-refractivity contribution in [3.8, 4) is 0 Å². The van der Waals surface area contributed by atoms with Gasteiger partial charge in [-0.3, -0.25) is 9.69 Å². The van der Waals surface area contributed by atoms with Gasteiger partial charge in [0.1, 0.15) is 5.82 Å². The topological polar surface area (TPSA) is 46.5 Å². The molecule has 0 radical (unpaired) electrons. The van der Waals surface area contributed by atoms with Crippen LogP contribution in [0.25, 0.3) is 0 Å². The van der Waals surface area contributed by atoms with Crippen molar-refractivity contribution < 1.29 is 23.6 Å². The second-order valence-electron chi connectivity index (χ2n) is 8.28. The number of hydrogen-bond acceptors (Lipinski definition) is 4. The van der Waals surface area contributed by atoms with Gasteiger partial charge in [0.05, 0.1) is 50.3 Å². The Hall–Kier alpha value is -2.48. The number of nitrogens with one attached hydrogen (secondary N) is 1. The molecule has 3 heterocycles. The summed E-state index contributed by atoms with van der Waals surface area (Å²) in [4.78, 5) is 18.7.